The number of carbonyl (C=O) groups excluding carboxylic acids is 1. The minimum atomic E-state index is 0.174. The Bertz CT molecular complexity index is 120. The molecule has 2 nitrogen and oxygen atoms in total. The van der Waals surface area contributed by atoms with Gasteiger partial charge in [0.25, 0.3) is 0 Å². The summed E-state index contributed by atoms with van der Waals surface area (Å²) in [5, 5.41) is 8.70. The van der Waals surface area contributed by atoms with Gasteiger partial charge >= 0.3 is 0 Å². The van der Waals surface area contributed by atoms with Crippen LogP contribution in [0.2, 0.25) is 0 Å². The Morgan fingerprint density at radius 1 is 1.67 bits per heavy atom. The lowest BCUT2D eigenvalue weighted by Crippen LogP contribution is -2.07. The Kier molecular flexibility index (Phi) is 1.86. The fourth-order valence-electron chi connectivity index (χ4n) is 1.35. The number of aliphatic hydroxyl groups is 1. The number of aliphatic hydroxyl groups excluding tert-OH is 1. The van der Waals surface area contributed by atoms with Crippen LogP contribution in [0.5, 0.6) is 0 Å². The lowest BCUT2D eigenvalue weighted by molar-refractivity contribution is -0.117. The zero-order chi connectivity index (χ0) is 6.85. The predicted molar refractivity (Wildman–Crippen MR) is 34.0 cm³/mol. The van der Waals surface area contributed by atoms with Crippen LogP contribution < -0.4 is 0 Å². The highest BCUT2D eigenvalue weighted by Gasteiger charge is 2.28. The Morgan fingerprint density at radius 2 is 2.33 bits per heavy atom. The fraction of sp³-hybridized carbons (Fsp3) is 0.857. The van der Waals surface area contributed by atoms with Crippen molar-refractivity contribution in [3.8, 4) is 0 Å². The standard InChI is InChI=1S/C7H12O2/c1-5-2-7(9)3-6(5)4-8/h5-6,8H,2-4H2,1H3/t5-,6+/m0/s1. The van der Waals surface area contributed by atoms with Crippen molar-refractivity contribution in [1.29, 1.82) is 0 Å². The Labute approximate surface area is 54.9 Å². The van der Waals surface area contributed by atoms with Gasteiger partial charge in [-0.2, -0.15) is 0 Å². The van der Waals surface area contributed by atoms with E-state index in [0.717, 1.165) is 0 Å². The summed E-state index contributed by atoms with van der Waals surface area (Å²) in [5.41, 5.74) is 0. The average molecular weight is 128 g/mol. The largest absolute Gasteiger partial charge is 0.396 e. The monoisotopic (exact) mass is 128 g/mol. The van der Waals surface area contributed by atoms with Gasteiger partial charge in [-0.3, -0.25) is 4.79 Å². The lowest BCUT2D eigenvalue weighted by Gasteiger charge is -2.08. The molecule has 1 aliphatic carbocycles. The van der Waals surface area contributed by atoms with Crippen LogP contribution in [0.4, 0.5) is 0 Å². The van der Waals surface area contributed by atoms with Gasteiger partial charge in [-0.15, -0.1) is 0 Å². The van der Waals surface area contributed by atoms with E-state index in [0.29, 0.717) is 24.5 Å². The SMILES string of the molecule is C[C@H]1CC(=O)C[C@@H]1CO. The van der Waals surface area contributed by atoms with Crippen LogP contribution in [-0.4, -0.2) is 17.5 Å². The quantitative estimate of drug-likeness (QED) is 0.561. The lowest BCUT2D eigenvalue weighted by atomic mass is 10.00. The number of carbonyl (C=O) groups is 1. The van der Waals surface area contributed by atoms with Crippen molar-refractivity contribution in [2.75, 3.05) is 6.61 Å². The second-order valence-corrected chi connectivity index (χ2v) is 2.87. The molecule has 0 aromatic heterocycles. The van der Waals surface area contributed by atoms with Gasteiger partial charge < -0.3 is 5.11 Å². The van der Waals surface area contributed by atoms with Crippen molar-refractivity contribution in [2.24, 2.45) is 11.8 Å². The third-order valence-electron chi connectivity index (χ3n) is 2.08. The van der Waals surface area contributed by atoms with Crippen LogP contribution in [0.1, 0.15) is 19.8 Å². The normalized spacial score (nSPS) is 35.6. The smallest absolute Gasteiger partial charge is 0.133 e. The number of hydrogen-bond acceptors (Lipinski definition) is 2. The molecule has 0 saturated heterocycles. The molecule has 0 radical (unpaired) electrons. The van der Waals surface area contributed by atoms with Crippen LogP contribution in [0.15, 0.2) is 0 Å². The van der Waals surface area contributed by atoms with E-state index in [1.54, 1.807) is 0 Å². The van der Waals surface area contributed by atoms with Gasteiger partial charge in [0.1, 0.15) is 5.78 Å². The fourth-order valence-corrected chi connectivity index (χ4v) is 1.35. The summed E-state index contributed by atoms with van der Waals surface area (Å²) < 4.78 is 0. The van der Waals surface area contributed by atoms with Crippen LogP contribution in [0.25, 0.3) is 0 Å². The molecule has 1 saturated carbocycles. The zero-order valence-electron chi connectivity index (χ0n) is 5.63. The molecule has 1 aliphatic rings. The summed E-state index contributed by atoms with van der Waals surface area (Å²) >= 11 is 0. The molecule has 2 atom stereocenters. The first kappa shape index (κ1) is 6.75. The number of rotatable bonds is 1. The molecule has 52 valence electrons. The van der Waals surface area contributed by atoms with Crippen molar-refractivity contribution in [2.45, 2.75) is 19.8 Å². The first-order valence-electron chi connectivity index (χ1n) is 3.36. The molecule has 2 heteroatoms. The molecule has 0 heterocycles. The van der Waals surface area contributed by atoms with E-state index in [4.69, 9.17) is 5.11 Å². The van der Waals surface area contributed by atoms with E-state index >= 15 is 0 Å². The van der Waals surface area contributed by atoms with E-state index in [9.17, 15) is 4.79 Å². The molecular formula is C7H12O2. The van der Waals surface area contributed by atoms with Gasteiger partial charge in [0.15, 0.2) is 0 Å². The van der Waals surface area contributed by atoms with Gasteiger partial charge in [0.2, 0.25) is 0 Å². The third kappa shape index (κ3) is 1.30. The Hall–Kier alpha value is -0.370. The van der Waals surface area contributed by atoms with Crippen LogP contribution in [0.3, 0.4) is 0 Å². The van der Waals surface area contributed by atoms with Gasteiger partial charge in [-0.05, 0) is 11.8 Å². The molecule has 1 N–H and O–H groups in total. The molecule has 0 aliphatic heterocycles. The predicted octanol–water partition coefficient (Wildman–Crippen LogP) is 0.594. The van der Waals surface area contributed by atoms with Crippen molar-refractivity contribution in [3.63, 3.8) is 0 Å². The maximum absolute atomic E-state index is 10.7. The average Bonchev–Trinajstić information content (AvgIpc) is 2.10. The second-order valence-electron chi connectivity index (χ2n) is 2.87. The van der Waals surface area contributed by atoms with E-state index in [1.807, 2.05) is 6.92 Å². The summed E-state index contributed by atoms with van der Waals surface area (Å²) in [5.74, 6) is 0.960. The number of ketones is 1. The molecule has 0 aromatic rings. The molecule has 1 fully saturated rings. The highest BCUT2D eigenvalue weighted by Crippen LogP contribution is 2.27. The minimum Gasteiger partial charge on any atom is -0.396 e. The molecular weight excluding hydrogens is 116 g/mol. The topological polar surface area (TPSA) is 37.3 Å². The summed E-state index contributed by atoms with van der Waals surface area (Å²) in [7, 11) is 0. The van der Waals surface area contributed by atoms with Crippen LogP contribution >= 0.6 is 0 Å². The summed E-state index contributed by atoms with van der Waals surface area (Å²) in [6.07, 6.45) is 1.27. The molecule has 0 spiro atoms. The molecule has 0 bridgehead atoms. The number of Topliss-reactive ketones (excluding diaryl/α,β-unsaturated/α-hetero) is 1. The van der Waals surface area contributed by atoms with Crippen LogP contribution in [-0.2, 0) is 4.79 Å². The van der Waals surface area contributed by atoms with Crippen molar-refractivity contribution < 1.29 is 9.90 Å². The van der Waals surface area contributed by atoms with Crippen molar-refractivity contribution in [1.82, 2.24) is 0 Å². The first-order valence-corrected chi connectivity index (χ1v) is 3.36. The van der Waals surface area contributed by atoms with Gasteiger partial charge in [-0.25, -0.2) is 0 Å². The zero-order valence-corrected chi connectivity index (χ0v) is 5.63. The van der Waals surface area contributed by atoms with E-state index in [-0.39, 0.29) is 12.5 Å². The van der Waals surface area contributed by atoms with Crippen LogP contribution in [0, 0.1) is 11.8 Å². The molecule has 9 heavy (non-hydrogen) atoms. The maximum atomic E-state index is 10.7. The van der Waals surface area contributed by atoms with Crippen molar-refractivity contribution >= 4 is 5.78 Å². The summed E-state index contributed by atoms with van der Waals surface area (Å²) in [6.45, 7) is 2.19. The molecule has 0 aromatic carbocycles. The Balaban J connectivity index is 2.47. The third-order valence-corrected chi connectivity index (χ3v) is 2.08. The van der Waals surface area contributed by atoms with Gasteiger partial charge in [-0.1, -0.05) is 6.92 Å². The number of hydrogen-bond donors (Lipinski definition) is 1. The van der Waals surface area contributed by atoms with E-state index in [1.165, 1.54) is 0 Å². The minimum absolute atomic E-state index is 0.174. The Morgan fingerprint density at radius 3 is 2.56 bits per heavy atom. The highest BCUT2D eigenvalue weighted by atomic mass is 16.3. The summed E-state index contributed by atoms with van der Waals surface area (Å²) in [6, 6.07) is 0. The molecule has 0 amide bonds. The second kappa shape index (κ2) is 2.48. The summed E-state index contributed by atoms with van der Waals surface area (Å²) in [4.78, 5) is 10.7. The van der Waals surface area contributed by atoms with E-state index in [2.05, 4.69) is 0 Å². The maximum Gasteiger partial charge on any atom is 0.133 e. The highest BCUT2D eigenvalue weighted by molar-refractivity contribution is 5.81. The van der Waals surface area contributed by atoms with Gasteiger partial charge in [0, 0.05) is 19.4 Å². The van der Waals surface area contributed by atoms with Gasteiger partial charge in [0.05, 0.1) is 0 Å². The molecule has 0 unspecified atom stereocenters. The van der Waals surface area contributed by atoms with Crippen molar-refractivity contribution in [3.05, 3.63) is 0 Å². The molecule has 1 rings (SSSR count). The van der Waals surface area contributed by atoms with E-state index < -0.39 is 0 Å². The first-order chi connectivity index (χ1) is 4.24.